The number of amides is 1. The van der Waals surface area contributed by atoms with Crippen LogP contribution in [0.25, 0.3) is 11.1 Å². The zero-order valence-corrected chi connectivity index (χ0v) is 14.2. The summed E-state index contributed by atoms with van der Waals surface area (Å²) in [4.78, 5) is 27.0. The summed E-state index contributed by atoms with van der Waals surface area (Å²) in [6.07, 6.45) is 0. The molecule has 2 aromatic rings. The minimum atomic E-state index is -0.944. The van der Waals surface area contributed by atoms with Gasteiger partial charge >= 0.3 is 5.97 Å². The molecule has 2 aromatic carbocycles. The van der Waals surface area contributed by atoms with Gasteiger partial charge in [-0.05, 0) is 30.0 Å². The van der Waals surface area contributed by atoms with Crippen molar-refractivity contribution in [1.82, 2.24) is 4.90 Å². The van der Waals surface area contributed by atoms with Crippen molar-refractivity contribution in [3.05, 3.63) is 60.2 Å². The van der Waals surface area contributed by atoms with E-state index >= 15 is 0 Å². The predicted molar refractivity (Wildman–Crippen MR) is 92.2 cm³/mol. The SMILES string of the molecule is CC(C)[C@@]1(C)C(=O)OCN1C(=O)c1ccccc1-c1ccccc1. The second-order valence-electron chi connectivity index (χ2n) is 6.51. The molecule has 0 N–H and O–H groups in total. The molecule has 0 radical (unpaired) electrons. The molecule has 0 spiro atoms. The number of carbonyl (C=O) groups is 2. The molecule has 1 aliphatic rings. The molecule has 1 heterocycles. The Labute approximate surface area is 142 Å². The van der Waals surface area contributed by atoms with Crippen LogP contribution < -0.4 is 0 Å². The molecule has 124 valence electrons. The number of ether oxygens (including phenoxy) is 1. The van der Waals surface area contributed by atoms with Gasteiger partial charge in [0.25, 0.3) is 5.91 Å². The van der Waals surface area contributed by atoms with Crippen molar-refractivity contribution in [2.45, 2.75) is 26.3 Å². The van der Waals surface area contributed by atoms with E-state index in [-0.39, 0.29) is 24.5 Å². The summed E-state index contributed by atoms with van der Waals surface area (Å²) in [5.41, 5.74) is 1.46. The lowest BCUT2D eigenvalue weighted by atomic mass is 9.86. The van der Waals surface area contributed by atoms with Crippen LogP contribution in [0.15, 0.2) is 54.6 Å². The highest BCUT2D eigenvalue weighted by molar-refractivity contribution is 6.04. The van der Waals surface area contributed by atoms with Gasteiger partial charge < -0.3 is 4.74 Å². The summed E-state index contributed by atoms with van der Waals surface area (Å²) in [7, 11) is 0. The van der Waals surface area contributed by atoms with Crippen LogP contribution in [0.4, 0.5) is 0 Å². The van der Waals surface area contributed by atoms with Crippen LogP contribution in [0.2, 0.25) is 0 Å². The van der Waals surface area contributed by atoms with Crippen molar-refractivity contribution in [2.24, 2.45) is 5.92 Å². The number of cyclic esters (lactones) is 1. The number of benzene rings is 2. The molecule has 4 nitrogen and oxygen atoms in total. The van der Waals surface area contributed by atoms with Crippen LogP contribution in [-0.2, 0) is 9.53 Å². The quantitative estimate of drug-likeness (QED) is 0.809. The van der Waals surface area contributed by atoms with Crippen LogP contribution in [0.5, 0.6) is 0 Å². The Bertz CT molecular complexity index is 769. The van der Waals surface area contributed by atoms with E-state index in [1.54, 1.807) is 17.9 Å². The molecule has 0 aliphatic carbocycles. The third-order valence-electron chi connectivity index (χ3n) is 4.91. The van der Waals surface area contributed by atoms with Gasteiger partial charge in [0.05, 0.1) is 0 Å². The van der Waals surface area contributed by atoms with Crippen molar-refractivity contribution in [3.8, 4) is 11.1 Å². The Kier molecular flexibility index (Phi) is 4.14. The van der Waals surface area contributed by atoms with E-state index in [2.05, 4.69) is 0 Å². The van der Waals surface area contributed by atoms with Gasteiger partial charge in [-0.1, -0.05) is 62.4 Å². The minimum absolute atomic E-state index is 0.00449. The van der Waals surface area contributed by atoms with E-state index in [0.717, 1.165) is 11.1 Å². The molecule has 1 fully saturated rings. The second kappa shape index (κ2) is 6.11. The van der Waals surface area contributed by atoms with Crippen LogP contribution in [0.1, 0.15) is 31.1 Å². The number of nitrogens with zero attached hydrogens (tertiary/aromatic N) is 1. The molecule has 1 saturated heterocycles. The van der Waals surface area contributed by atoms with Crippen molar-refractivity contribution in [3.63, 3.8) is 0 Å². The summed E-state index contributed by atoms with van der Waals surface area (Å²) in [6.45, 7) is 5.62. The van der Waals surface area contributed by atoms with Crippen LogP contribution in [0.3, 0.4) is 0 Å². The summed E-state index contributed by atoms with van der Waals surface area (Å²) in [6, 6.07) is 17.2. The molecule has 1 aliphatic heterocycles. The van der Waals surface area contributed by atoms with Gasteiger partial charge in [0, 0.05) is 5.56 Å². The molecule has 0 bridgehead atoms. The topological polar surface area (TPSA) is 46.6 Å². The number of carbonyl (C=O) groups excluding carboxylic acids is 2. The maximum absolute atomic E-state index is 13.2. The Morgan fingerprint density at radius 1 is 1.08 bits per heavy atom. The average Bonchev–Trinajstić information content (AvgIpc) is 2.91. The van der Waals surface area contributed by atoms with Gasteiger partial charge in [0.2, 0.25) is 0 Å². The molecule has 24 heavy (non-hydrogen) atoms. The molecule has 1 atom stereocenters. The fraction of sp³-hybridized carbons (Fsp3) is 0.300. The highest BCUT2D eigenvalue weighted by Gasteiger charge is 2.51. The lowest BCUT2D eigenvalue weighted by molar-refractivity contribution is -0.143. The fourth-order valence-electron chi connectivity index (χ4n) is 3.01. The Morgan fingerprint density at radius 3 is 2.38 bits per heavy atom. The first-order valence-corrected chi connectivity index (χ1v) is 8.10. The van der Waals surface area contributed by atoms with Crippen molar-refractivity contribution >= 4 is 11.9 Å². The molecule has 4 heteroatoms. The van der Waals surface area contributed by atoms with E-state index in [9.17, 15) is 9.59 Å². The van der Waals surface area contributed by atoms with Crippen molar-refractivity contribution < 1.29 is 14.3 Å². The summed E-state index contributed by atoms with van der Waals surface area (Å²) >= 11 is 0. The lowest BCUT2D eigenvalue weighted by Crippen LogP contribution is -2.52. The highest BCUT2D eigenvalue weighted by Crippen LogP contribution is 2.34. The maximum atomic E-state index is 13.2. The van der Waals surface area contributed by atoms with Gasteiger partial charge in [-0.3, -0.25) is 9.69 Å². The first-order valence-electron chi connectivity index (χ1n) is 8.10. The van der Waals surface area contributed by atoms with E-state index in [4.69, 9.17) is 4.74 Å². The first kappa shape index (κ1) is 16.2. The van der Waals surface area contributed by atoms with Crippen LogP contribution in [-0.4, -0.2) is 29.0 Å². The lowest BCUT2D eigenvalue weighted by Gasteiger charge is -2.34. The van der Waals surface area contributed by atoms with Crippen LogP contribution >= 0.6 is 0 Å². The highest BCUT2D eigenvalue weighted by atomic mass is 16.6. The molecule has 0 unspecified atom stereocenters. The van der Waals surface area contributed by atoms with Gasteiger partial charge in [0.15, 0.2) is 6.73 Å². The van der Waals surface area contributed by atoms with Gasteiger partial charge in [0.1, 0.15) is 5.54 Å². The molecular formula is C20H21NO3. The molecule has 3 rings (SSSR count). The molecule has 0 saturated carbocycles. The smallest absolute Gasteiger partial charge is 0.333 e. The number of hydrogen-bond acceptors (Lipinski definition) is 3. The molecule has 1 amide bonds. The Morgan fingerprint density at radius 2 is 1.71 bits per heavy atom. The summed E-state index contributed by atoms with van der Waals surface area (Å²) in [5.74, 6) is -0.570. The maximum Gasteiger partial charge on any atom is 0.333 e. The standard InChI is InChI=1S/C20H21NO3/c1-14(2)20(3)19(23)24-13-21(20)18(22)17-12-8-7-11-16(17)15-9-5-4-6-10-15/h4-12,14H,13H2,1-3H3/t20-/m0/s1. The van der Waals surface area contributed by atoms with Crippen LogP contribution in [0, 0.1) is 5.92 Å². The largest absolute Gasteiger partial charge is 0.442 e. The monoisotopic (exact) mass is 323 g/mol. The summed E-state index contributed by atoms with van der Waals surface area (Å²) in [5, 5.41) is 0. The Hall–Kier alpha value is -2.62. The first-order chi connectivity index (χ1) is 11.5. The van der Waals surface area contributed by atoms with Gasteiger partial charge in [-0.25, -0.2) is 4.79 Å². The zero-order chi connectivity index (χ0) is 17.3. The number of hydrogen-bond donors (Lipinski definition) is 0. The molecular weight excluding hydrogens is 302 g/mol. The van der Waals surface area contributed by atoms with E-state index in [0.29, 0.717) is 5.56 Å². The van der Waals surface area contributed by atoms with E-state index in [1.165, 1.54) is 0 Å². The van der Waals surface area contributed by atoms with Gasteiger partial charge in [-0.15, -0.1) is 0 Å². The third-order valence-corrected chi connectivity index (χ3v) is 4.91. The normalized spacial score (nSPS) is 20.3. The van der Waals surface area contributed by atoms with Gasteiger partial charge in [-0.2, -0.15) is 0 Å². The number of rotatable bonds is 3. The van der Waals surface area contributed by atoms with E-state index in [1.807, 2.05) is 62.4 Å². The zero-order valence-electron chi connectivity index (χ0n) is 14.2. The average molecular weight is 323 g/mol. The van der Waals surface area contributed by atoms with Crippen molar-refractivity contribution in [2.75, 3.05) is 6.73 Å². The third kappa shape index (κ3) is 2.48. The summed E-state index contributed by atoms with van der Waals surface area (Å²) < 4.78 is 5.20. The predicted octanol–water partition coefficient (Wildman–Crippen LogP) is 3.72. The molecule has 0 aromatic heterocycles. The minimum Gasteiger partial charge on any atom is -0.442 e. The Balaban J connectivity index is 2.05. The van der Waals surface area contributed by atoms with E-state index < -0.39 is 5.54 Å². The van der Waals surface area contributed by atoms with Crippen molar-refractivity contribution in [1.29, 1.82) is 0 Å². The number of esters is 1. The fourth-order valence-corrected chi connectivity index (χ4v) is 3.01. The second-order valence-corrected chi connectivity index (χ2v) is 6.51.